The fourth-order valence-corrected chi connectivity index (χ4v) is 2.16. The molecule has 1 N–H and O–H groups in total. The predicted molar refractivity (Wildman–Crippen MR) is 62.8 cm³/mol. The number of alkyl halides is 2. The second-order valence-corrected chi connectivity index (χ2v) is 4.92. The molecular formula is C11H12F2N2O2S. The molecule has 7 heteroatoms. The van der Waals surface area contributed by atoms with E-state index in [0.717, 1.165) is 11.3 Å². The molecule has 0 saturated carbocycles. The van der Waals surface area contributed by atoms with Crippen LogP contribution >= 0.6 is 11.3 Å². The normalized spacial score (nSPS) is 12.0. The van der Waals surface area contributed by atoms with Crippen LogP contribution in [0.15, 0.2) is 6.07 Å². The molecule has 0 aliphatic carbocycles. The molecule has 0 aromatic carbocycles. The van der Waals surface area contributed by atoms with Crippen LogP contribution in [0.3, 0.4) is 0 Å². The number of amides is 1. The summed E-state index contributed by atoms with van der Waals surface area (Å²) in [5, 5.41) is 11.0. The van der Waals surface area contributed by atoms with Crippen LogP contribution in [-0.4, -0.2) is 18.6 Å². The number of carbonyl (C=O) groups is 1. The molecule has 1 aromatic rings. The molecule has 98 valence electrons. The lowest BCUT2D eigenvalue weighted by Gasteiger charge is -2.10. The SMILES string of the molecule is Cc1cc(OC(F)F)c(C(=O)N[C@@H](C)CC#N)s1. The summed E-state index contributed by atoms with van der Waals surface area (Å²) >= 11 is 1.07. The Morgan fingerprint density at radius 1 is 1.67 bits per heavy atom. The van der Waals surface area contributed by atoms with E-state index < -0.39 is 12.5 Å². The number of nitriles is 1. The highest BCUT2D eigenvalue weighted by molar-refractivity contribution is 7.14. The van der Waals surface area contributed by atoms with Crippen LogP contribution < -0.4 is 10.1 Å². The number of hydrogen-bond acceptors (Lipinski definition) is 4. The third-order valence-corrected chi connectivity index (χ3v) is 3.05. The largest absolute Gasteiger partial charge is 0.433 e. The fraction of sp³-hybridized carbons (Fsp3) is 0.455. The maximum Gasteiger partial charge on any atom is 0.387 e. The molecule has 1 aromatic heterocycles. The third-order valence-electron chi connectivity index (χ3n) is 2.02. The van der Waals surface area contributed by atoms with Gasteiger partial charge in [0, 0.05) is 10.9 Å². The zero-order chi connectivity index (χ0) is 13.7. The summed E-state index contributed by atoms with van der Waals surface area (Å²) in [5.41, 5.74) is 0. The summed E-state index contributed by atoms with van der Waals surface area (Å²) in [4.78, 5) is 12.6. The number of hydrogen-bond donors (Lipinski definition) is 1. The number of nitrogens with zero attached hydrogens (tertiary/aromatic N) is 1. The number of carbonyl (C=O) groups excluding carboxylic acids is 1. The van der Waals surface area contributed by atoms with Gasteiger partial charge in [-0.3, -0.25) is 4.79 Å². The Labute approximate surface area is 107 Å². The summed E-state index contributed by atoms with van der Waals surface area (Å²) in [6.45, 7) is 0.385. The highest BCUT2D eigenvalue weighted by Crippen LogP contribution is 2.30. The van der Waals surface area contributed by atoms with E-state index in [1.807, 2.05) is 6.07 Å². The van der Waals surface area contributed by atoms with Crippen LogP contribution in [-0.2, 0) is 0 Å². The van der Waals surface area contributed by atoms with Gasteiger partial charge in [0.25, 0.3) is 5.91 Å². The lowest BCUT2D eigenvalue weighted by molar-refractivity contribution is -0.0498. The van der Waals surface area contributed by atoms with Gasteiger partial charge in [0.1, 0.15) is 10.6 Å². The van der Waals surface area contributed by atoms with Crippen molar-refractivity contribution in [1.29, 1.82) is 5.26 Å². The van der Waals surface area contributed by atoms with E-state index in [1.54, 1.807) is 13.8 Å². The van der Waals surface area contributed by atoms with Crippen molar-refractivity contribution in [1.82, 2.24) is 5.32 Å². The van der Waals surface area contributed by atoms with Crippen molar-refractivity contribution in [3.63, 3.8) is 0 Å². The van der Waals surface area contributed by atoms with Crippen LogP contribution in [0.2, 0.25) is 0 Å². The van der Waals surface area contributed by atoms with Crippen molar-refractivity contribution in [2.45, 2.75) is 32.9 Å². The lowest BCUT2D eigenvalue weighted by Crippen LogP contribution is -2.32. The van der Waals surface area contributed by atoms with E-state index in [0.29, 0.717) is 4.88 Å². The first kappa shape index (κ1) is 14.4. The minimum Gasteiger partial charge on any atom is -0.433 e. The Bertz CT molecular complexity index is 468. The van der Waals surface area contributed by atoms with Gasteiger partial charge in [0.05, 0.1) is 12.5 Å². The number of halogens is 2. The molecule has 0 spiro atoms. The van der Waals surface area contributed by atoms with Crippen molar-refractivity contribution < 1.29 is 18.3 Å². The van der Waals surface area contributed by atoms with Gasteiger partial charge in [-0.25, -0.2) is 0 Å². The molecule has 0 saturated heterocycles. The lowest BCUT2D eigenvalue weighted by atomic mass is 10.2. The van der Waals surface area contributed by atoms with Gasteiger partial charge in [-0.05, 0) is 19.9 Å². The molecule has 1 heterocycles. The van der Waals surface area contributed by atoms with Crippen LogP contribution in [0.5, 0.6) is 5.75 Å². The van der Waals surface area contributed by atoms with Crippen LogP contribution in [0.25, 0.3) is 0 Å². The Morgan fingerprint density at radius 3 is 2.89 bits per heavy atom. The van der Waals surface area contributed by atoms with E-state index in [2.05, 4.69) is 10.1 Å². The standard InChI is InChI=1S/C11H12F2N2O2S/c1-6(3-4-14)15-10(16)9-8(17-11(12)13)5-7(2)18-9/h5-6,11H,3H2,1-2H3,(H,15,16)/t6-/m0/s1. The molecular weight excluding hydrogens is 262 g/mol. The smallest absolute Gasteiger partial charge is 0.387 e. The van der Waals surface area contributed by atoms with Gasteiger partial charge < -0.3 is 10.1 Å². The molecule has 0 fully saturated rings. The van der Waals surface area contributed by atoms with Crippen molar-refractivity contribution in [2.75, 3.05) is 0 Å². The van der Waals surface area contributed by atoms with Gasteiger partial charge in [-0.2, -0.15) is 14.0 Å². The summed E-state index contributed by atoms with van der Waals surface area (Å²) in [7, 11) is 0. The van der Waals surface area contributed by atoms with E-state index in [4.69, 9.17) is 5.26 Å². The molecule has 18 heavy (non-hydrogen) atoms. The number of nitrogens with one attached hydrogen (secondary N) is 1. The second kappa shape index (κ2) is 6.31. The minimum absolute atomic E-state index is 0.0950. The molecule has 1 atom stereocenters. The molecule has 0 unspecified atom stereocenters. The molecule has 0 aliphatic heterocycles. The predicted octanol–water partition coefficient (Wildman–Crippen LogP) is 2.69. The second-order valence-electron chi connectivity index (χ2n) is 3.67. The van der Waals surface area contributed by atoms with E-state index in [1.165, 1.54) is 6.07 Å². The Hall–Kier alpha value is -1.68. The zero-order valence-corrected chi connectivity index (χ0v) is 10.7. The van der Waals surface area contributed by atoms with Crippen LogP contribution in [0.4, 0.5) is 8.78 Å². The average molecular weight is 274 g/mol. The van der Waals surface area contributed by atoms with Gasteiger partial charge in [0.2, 0.25) is 0 Å². The highest BCUT2D eigenvalue weighted by atomic mass is 32.1. The first-order valence-corrected chi connectivity index (χ1v) is 5.98. The molecule has 0 aliphatic rings. The fourth-order valence-electron chi connectivity index (χ4n) is 1.31. The maximum absolute atomic E-state index is 12.2. The monoisotopic (exact) mass is 274 g/mol. The van der Waals surface area contributed by atoms with Gasteiger partial charge >= 0.3 is 6.61 Å². The molecule has 0 radical (unpaired) electrons. The van der Waals surface area contributed by atoms with E-state index in [-0.39, 0.29) is 23.1 Å². The summed E-state index contributed by atoms with van der Waals surface area (Å²) in [6, 6.07) is 2.96. The van der Waals surface area contributed by atoms with E-state index >= 15 is 0 Å². The number of aryl methyl sites for hydroxylation is 1. The first-order chi connectivity index (χ1) is 8.43. The third kappa shape index (κ3) is 3.96. The van der Waals surface area contributed by atoms with E-state index in [9.17, 15) is 13.6 Å². The molecule has 1 amide bonds. The Balaban J connectivity index is 2.82. The number of rotatable bonds is 5. The molecule has 4 nitrogen and oxygen atoms in total. The number of ether oxygens (including phenoxy) is 1. The van der Waals surface area contributed by atoms with Crippen LogP contribution in [0, 0.1) is 18.3 Å². The number of thiophene rings is 1. The summed E-state index contributed by atoms with van der Waals surface area (Å²) in [5.74, 6) is -0.638. The molecule has 0 bridgehead atoms. The Kier molecular flexibility index (Phi) is 5.04. The first-order valence-electron chi connectivity index (χ1n) is 5.17. The van der Waals surface area contributed by atoms with Gasteiger partial charge in [0.15, 0.2) is 0 Å². The van der Waals surface area contributed by atoms with Gasteiger partial charge in [-0.1, -0.05) is 0 Å². The van der Waals surface area contributed by atoms with Crippen molar-refractivity contribution >= 4 is 17.2 Å². The minimum atomic E-state index is -2.97. The summed E-state index contributed by atoms with van der Waals surface area (Å²) < 4.78 is 28.6. The zero-order valence-electron chi connectivity index (χ0n) is 9.87. The maximum atomic E-state index is 12.2. The quantitative estimate of drug-likeness (QED) is 0.898. The summed E-state index contributed by atoms with van der Waals surface area (Å²) in [6.07, 6.45) is 0.154. The Morgan fingerprint density at radius 2 is 2.33 bits per heavy atom. The van der Waals surface area contributed by atoms with Crippen molar-refractivity contribution in [3.05, 3.63) is 15.8 Å². The topological polar surface area (TPSA) is 62.1 Å². The van der Waals surface area contributed by atoms with Crippen molar-refractivity contribution in [3.8, 4) is 11.8 Å². The van der Waals surface area contributed by atoms with Gasteiger partial charge in [-0.15, -0.1) is 11.3 Å². The molecule has 1 rings (SSSR count). The van der Waals surface area contributed by atoms with Crippen molar-refractivity contribution in [2.24, 2.45) is 0 Å². The highest BCUT2D eigenvalue weighted by Gasteiger charge is 2.20. The van der Waals surface area contributed by atoms with Crippen LogP contribution in [0.1, 0.15) is 27.9 Å². The average Bonchev–Trinajstić information content (AvgIpc) is 2.58.